The molecule has 1 rings (SSSR count). The molecule has 1 aromatic carbocycles. The van der Waals surface area contributed by atoms with Crippen LogP contribution in [0.4, 0.5) is 5.69 Å². The van der Waals surface area contributed by atoms with Crippen LogP contribution in [0, 0.1) is 0 Å². The van der Waals surface area contributed by atoms with Gasteiger partial charge in [-0.05, 0) is 30.7 Å². The lowest BCUT2D eigenvalue weighted by Crippen LogP contribution is -2.14. The van der Waals surface area contributed by atoms with Crippen LogP contribution in [-0.2, 0) is 9.47 Å². The van der Waals surface area contributed by atoms with Crippen molar-refractivity contribution >= 4 is 5.69 Å². The van der Waals surface area contributed by atoms with Gasteiger partial charge in [0.1, 0.15) is 5.75 Å². The first-order valence-electron chi connectivity index (χ1n) is 5.30. The second-order valence-electron chi connectivity index (χ2n) is 3.46. The molecule has 0 aromatic heterocycles. The largest absolute Gasteiger partial charge is 0.494 e. The molecule has 0 radical (unpaired) electrons. The molecule has 0 aliphatic carbocycles. The van der Waals surface area contributed by atoms with E-state index >= 15 is 0 Å². The van der Waals surface area contributed by atoms with E-state index in [-0.39, 0.29) is 6.29 Å². The summed E-state index contributed by atoms with van der Waals surface area (Å²) < 4.78 is 15.7. The number of hydrogen-bond donors (Lipinski definition) is 1. The van der Waals surface area contributed by atoms with Crippen LogP contribution < -0.4 is 10.5 Å². The molecule has 0 amide bonds. The summed E-state index contributed by atoms with van der Waals surface area (Å²) in [5.74, 6) is 0.834. The maximum atomic E-state index is 5.57. The van der Waals surface area contributed by atoms with Crippen LogP contribution in [0.2, 0.25) is 0 Å². The van der Waals surface area contributed by atoms with Crippen LogP contribution in [0.15, 0.2) is 24.3 Å². The third kappa shape index (κ3) is 4.51. The Bertz CT molecular complexity index is 283. The van der Waals surface area contributed by atoms with Crippen molar-refractivity contribution in [2.45, 2.75) is 19.1 Å². The highest BCUT2D eigenvalue weighted by molar-refractivity contribution is 5.41. The van der Waals surface area contributed by atoms with Crippen LogP contribution in [0.3, 0.4) is 0 Å². The third-order valence-corrected chi connectivity index (χ3v) is 2.26. The predicted octanol–water partition coefficient (Wildman–Crippen LogP) is 2.05. The van der Waals surface area contributed by atoms with Crippen molar-refractivity contribution in [2.24, 2.45) is 0 Å². The second-order valence-corrected chi connectivity index (χ2v) is 3.46. The quantitative estimate of drug-likeness (QED) is 0.438. The van der Waals surface area contributed by atoms with Crippen LogP contribution in [-0.4, -0.2) is 27.1 Å². The van der Waals surface area contributed by atoms with E-state index in [1.54, 1.807) is 14.2 Å². The highest BCUT2D eigenvalue weighted by Crippen LogP contribution is 2.13. The maximum Gasteiger partial charge on any atom is 0.156 e. The summed E-state index contributed by atoms with van der Waals surface area (Å²) in [7, 11) is 3.27. The number of methoxy groups -OCH3 is 2. The van der Waals surface area contributed by atoms with Crippen molar-refractivity contribution < 1.29 is 14.2 Å². The van der Waals surface area contributed by atoms with E-state index < -0.39 is 0 Å². The highest BCUT2D eigenvalue weighted by Gasteiger charge is 2.04. The maximum absolute atomic E-state index is 5.57. The van der Waals surface area contributed by atoms with E-state index in [9.17, 15) is 0 Å². The lowest BCUT2D eigenvalue weighted by molar-refractivity contribution is -0.107. The number of hydrogen-bond acceptors (Lipinski definition) is 4. The fourth-order valence-corrected chi connectivity index (χ4v) is 1.34. The van der Waals surface area contributed by atoms with Crippen molar-refractivity contribution in [3.05, 3.63) is 24.3 Å². The monoisotopic (exact) mass is 225 g/mol. The summed E-state index contributed by atoms with van der Waals surface area (Å²) in [6, 6.07) is 7.36. The molecule has 4 nitrogen and oxygen atoms in total. The van der Waals surface area contributed by atoms with E-state index in [0.717, 1.165) is 24.3 Å². The van der Waals surface area contributed by atoms with Gasteiger partial charge in [-0.15, -0.1) is 0 Å². The summed E-state index contributed by atoms with van der Waals surface area (Å²) in [4.78, 5) is 0. The fourth-order valence-electron chi connectivity index (χ4n) is 1.34. The van der Waals surface area contributed by atoms with Crippen molar-refractivity contribution in [1.82, 2.24) is 0 Å². The molecule has 0 fully saturated rings. The van der Waals surface area contributed by atoms with Gasteiger partial charge in [-0.1, -0.05) is 0 Å². The molecule has 0 saturated carbocycles. The molecule has 4 heteroatoms. The minimum atomic E-state index is -0.144. The van der Waals surface area contributed by atoms with Crippen molar-refractivity contribution in [2.75, 3.05) is 26.6 Å². The molecule has 2 N–H and O–H groups in total. The van der Waals surface area contributed by atoms with Gasteiger partial charge in [-0.3, -0.25) is 0 Å². The van der Waals surface area contributed by atoms with Gasteiger partial charge in [0.2, 0.25) is 0 Å². The number of ether oxygens (including phenoxy) is 3. The minimum Gasteiger partial charge on any atom is -0.494 e. The molecule has 90 valence electrons. The summed E-state index contributed by atoms with van der Waals surface area (Å²) >= 11 is 0. The lowest BCUT2D eigenvalue weighted by Gasteiger charge is -2.13. The van der Waals surface area contributed by atoms with Gasteiger partial charge < -0.3 is 19.9 Å². The lowest BCUT2D eigenvalue weighted by atomic mass is 10.3. The fraction of sp³-hybridized carbons (Fsp3) is 0.500. The van der Waals surface area contributed by atoms with Crippen molar-refractivity contribution in [1.29, 1.82) is 0 Å². The molecule has 0 heterocycles. The molecule has 0 atom stereocenters. The van der Waals surface area contributed by atoms with Crippen LogP contribution in [0.5, 0.6) is 5.75 Å². The first-order chi connectivity index (χ1) is 7.76. The van der Waals surface area contributed by atoms with Crippen molar-refractivity contribution in [3.63, 3.8) is 0 Å². The molecule has 16 heavy (non-hydrogen) atoms. The second kappa shape index (κ2) is 7.09. The van der Waals surface area contributed by atoms with Crippen molar-refractivity contribution in [3.8, 4) is 5.75 Å². The average Bonchev–Trinajstić information content (AvgIpc) is 2.32. The number of rotatable bonds is 7. The van der Waals surface area contributed by atoms with Crippen LogP contribution >= 0.6 is 0 Å². The van der Waals surface area contributed by atoms with Gasteiger partial charge in [0.25, 0.3) is 0 Å². The van der Waals surface area contributed by atoms with E-state index in [4.69, 9.17) is 19.9 Å². The summed E-state index contributed by atoms with van der Waals surface area (Å²) in [5.41, 5.74) is 6.31. The van der Waals surface area contributed by atoms with Crippen LogP contribution in [0.1, 0.15) is 12.8 Å². The van der Waals surface area contributed by atoms with Gasteiger partial charge in [0, 0.05) is 26.3 Å². The number of nitrogens with two attached hydrogens (primary N) is 1. The molecule has 0 aliphatic rings. The first kappa shape index (κ1) is 12.8. The predicted molar refractivity (Wildman–Crippen MR) is 63.4 cm³/mol. The molecule has 0 bridgehead atoms. The molecule has 0 saturated heterocycles. The molecule has 0 aliphatic heterocycles. The molecular weight excluding hydrogens is 206 g/mol. The van der Waals surface area contributed by atoms with Crippen LogP contribution in [0.25, 0.3) is 0 Å². The van der Waals surface area contributed by atoms with Gasteiger partial charge in [0.15, 0.2) is 6.29 Å². The van der Waals surface area contributed by atoms with E-state index in [0.29, 0.717) is 6.61 Å². The summed E-state index contributed by atoms with van der Waals surface area (Å²) in [6.07, 6.45) is 1.56. The zero-order valence-electron chi connectivity index (χ0n) is 9.81. The van der Waals surface area contributed by atoms with Gasteiger partial charge >= 0.3 is 0 Å². The first-order valence-corrected chi connectivity index (χ1v) is 5.30. The number of anilines is 1. The molecule has 1 aromatic rings. The molecule has 0 spiro atoms. The Morgan fingerprint density at radius 1 is 1.12 bits per heavy atom. The van der Waals surface area contributed by atoms with Gasteiger partial charge in [0.05, 0.1) is 6.61 Å². The summed E-state index contributed by atoms with van der Waals surface area (Å²) in [5, 5.41) is 0. The zero-order chi connectivity index (χ0) is 11.8. The Labute approximate surface area is 96.3 Å². The minimum absolute atomic E-state index is 0.144. The zero-order valence-corrected chi connectivity index (χ0v) is 9.81. The Balaban J connectivity index is 2.18. The topological polar surface area (TPSA) is 53.7 Å². The SMILES string of the molecule is COC(CCCOc1ccc(N)cc1)OC. The van der Waals surface area contributed by atoms with E-state index in [1.807, 2.05) is 24.3 Å². The Morgan fingerprint density at radius 3 is 2.31 bits per heavy atom. The number of nitrogen functional groups attached to an aromatic ring is 1. The highest BCUT2D eigenvalue weighted by atomic mass is 16.7. The molecular formula is C12H19NO3. The van der Waals surface area contributed by atoms with Gasteiger partial charge in [-0.25, -0.2) is 0 Å². The normalized spacial score (nSPS) is 10.7. The average molecular weight is 225 g/mol. The third-order valence-electron chi connectivity index (χ3n) is 2.26. The Hall–Kier alpha value is -1.26. The Kier molecular flexibility index (Phi) is 5.67. The van der Waals surface area contributed by atoms with E-state index in [2.05, 4.69) is 0 Å². The Morgan fingerprint density at radius 2 is 1.75 bits per heavy atom. The number of benzene rings is 1. The van der Waals surface area contributed by atoms with E-state index in [1.165, 1.54) is 0 Å². The van der Waals surface area contributed by atoms with Gasteiger partial charge in [-0.2, -0.15) is 0 Å². The smallest absolute Gasteiger partial charge is 0.156 e. The standard InChI is InChI=1S/C12H19NO3/c1-14-12(15-2)4-3-9-16-11-7-5-10(13)6-8-11/h5-8,12H,3-4,9,13H2,1-2H3. The molecule has 0 unspecified atom stereocenters. The summed E-state index contributed by atoms with van der Waals surface area (Å²) in [6.45, 7) is 0.646.